The minimum absolute atomic E-state index is 0.176. The molecule has 0 saturated heterocycles. The third-order valence-corrected chi connectivity index (χ3v) is 3.50. The van der Waals surface area contributed by atoms with Gasteiger partial charge in [-0.1, -0.05) is 54.5 Å². The second-order valence-corrected chi connectivity index (χ2v) is 5.28. The Hall–Kier alpha value is -1.30. The van der Waals surface area contributed by atoms with Gasteiger partial charge in [-0.3, -0.25) is 0 Å². The SMILES string of the molecule is CC1=CC=CC(C)(c2cc(C)ccc2C)C1. The van der Waals surface area contributed by atoms with Crippen LogP contribution in [0.4, 0.5) is 0 Å². The number of allylic oxidation sites excluding steroid dienone is 4. The molecular weight excluding hydrogens is 192 g/mol. The fourth-order valence-corrected chi connectivity index (χ4v) is 2.66. The van der Waals surface area contributed by atoms with E-state index in [-0.39, 0.29) is 5.41 Å². The lowest BCUT2D eigenvalue weighted by atomic mass is 9.73. The van der Waals surface area contributed by atoms with Crippen LogP contribution in [-0.4, -0.2) is 0 Å². The maximum atomic E-state index is 2.34. The first kappa shape index (κ1) is 11.2. The van der Waals surface area contributed by atoms with E-state index < -0.39 is 0 Å². The highest BCUT2D eigenvalue weighted by atomic mass is 14.3. The van der Waals surface area contributed by atoms with Gasteiger partial charge in [0, 0.05) is 5.41 Å². The number of rotatable bonds is 1. The van der Waals surface area contributed by atoms with Gasteiger partial charge in [0.1, 0.15) is 0 Å². The standard InChI is InChI=1S/C16H20/c1-12-7-8-14(3)15(10-12)16(4)9-5-6-13(2)11-16/h5-10H,11H2,1-4H3. The smallest absolute Gasteiger partial charge is 0.0146 e. The van der Waals surface area contributed by atoms with Crippen molar-refractivity contribution in [3.8, 4) is 0 Å². The van der Waals surface area contributed by atoms with Crippen LogP contribution in [-0.2, 0) is 5.41 Å². The normalized spacial score (nSPS) is 24.4. The van der Waals surface area contributed by atoms with Gasteiger partial charge in [-0.25, -0.2) is 0 Å². The first-order chi connectivity index (χ1) is 7.51. The molecule has 16 heavy (non-hydrogen) atoms. The van der Waals surface area contributed by atoms with Crippen LogP contribution in [0, 0.1) is 13.8 Å². The Morgan fingerprint density at radius 3 is 2.56 bits per heavy atom. The van der Waals surface area contributed by atoms with Gasteiger partial charge < -0.3 is 0 Å². The van der Waals surface area contributed by atoms with Crippen molar-refractivity contribution < 1.29 is 0 Å². The lowest BCUT2D eigenvalue weighted by Crippen LogP contribution is -2.22. The Balaban J connectivity index is 2.48. The average Bonchev–Trinajstić information content (AvgIpc) is 2.21. The average molecular weight is 212 g/mol. The minimum Gasteiger partial charge on any atom is -0.0739 e. The maximum absolute atomic E-state index is 2.34. The molecule has 0 radical (unpaired) electrons. The molecule has 1 unspecified atom stereocenters. The largest absolute Gasteiger partial charge is 0.0739 e. The Morgan fingerprint density at radius 2 is 1.88 bits per heavy atom. The van der Waals surface area contributed by atoms with Gasteiger partial charge in [0.25, 0.3) is 0 Å². The van der Waals surface area contributed by atoms with Crippen LogP contribution in [0.5, 0.6) is 0 Å². The van der Waals surface area contributed by atoms with E-state index in [2.05, 4.69) is 64.1 Å². The van der Waals surface area contributed by atoms with Crippen molar-refractivity contribution in [2.75, 3.05) is 0 Å². The number of aryl methyl sites for hydroxylation is 2. The predicted octanol–water partition coefficient (Wildman–Crippen LogP) is 4.47. The van der Waals surface area contributed by atoms with Crippen molar-refractivity contribution in [3.63, 3.8) is 0 Å². The molecule has 84 valence electrons. The van der Waals surface area contributed by atoms with Gasteiger partial charge in [-0.15, -0.1) is 0 Å². The Labute approximate surface area is 98.7 Å². The molecule has 0 fully saturated rings. The van der Waals surface area contributed by atoms with E-state index in [0.717, 1.165) is 6.42 Å². The molecule has 0 nitrogen and oxygen atoms in total. The summed E-state index contributed by atoms with van der Waals surface area (Å²) >= 11 is 0. The Morgan fingerprint density at radius 1 is 1.12 bits per heavy atom. The second kappa shape index (κ2) is 3.93. The van der Waals surface area contributed by atoms with Crippen molar-refractivity contribution in [2.24, 2.45) is 0 Å². The number of benzene rings is 1. The molecule has 0 heterocycles. The van der Waals surface area contributed by atoms with Crippen LogP contribution in [0.25, 0.3) is 0 Å². The Kier molecular flexibility index (Phi) is 2.75. The van der Waals surface area contributed by atoms with E-state index in [4.69, 9.17) is 0 Å². The molecule has 0 N–H and O–H groups in total. The molecule has 1 aliphatic carbocycles. The van der Waals surface area contributed by atoms with Crippen LogP contribution in [0.2, 0.25) is 0 Å². The van der Waals surface area contributed by atoms with Crippen molar-refractivity contribution in [2.45, 2.75) is 39.5 Å². The van der Waals surface area contributed by atoms with Gasteiger partial charge in [-0.05, 0) is 38.3 Å². The van der Waals surface area contributed by atoms with E-state index in [1.807, 2.05) is 0 Å². The third-order valence-electron chi connectivity index (χ3n) is 3.50. The summed E-state index contributed by atoms with van der Waals surface area (Å²) in [7, 11) is 0. The van der Waals surface area contributed by atoms with Crippen LogP contribution in [0.1, 0.15) is 37.0 Å². The summed E-state index contributed by atoms with van der Waals surface area (Å²) in [4.78, 5) is 0. The van der Waals surface area contributed by atoms with Gasteiger partial charge in [0.05, 0.1) is 0 Å². The lowest BCUT2D eigenvalue weighted by molar-refractivity contribution is 0.577. The highest BCUT2D eigenvalue weighted by Gasteiger charge is 2.26. The molecule has 0 saturated carbocycles. The van der Waals surface area contributed by atoms with E-state index in [1.54, 1.807) is 0 Å². The Bertz CT molecular complexity index is 463. The number of hydrogen-bond donors (Lipinski definition) is 0. The van der Waals surface area contributed by atoms with Gasteiger partial charge in [0.15, 0.2) is 0 Å². The third kappa shape index (κ3) is 1.97. The molecule has 0 aromatic heterocycles. The van der Waals surface area contributed by atoms with Crippen molar-refractivity contribution >= 4 is 0 Å². The van der Waals surface area contributed by atoms with Crippen LogP contribution >= 0.6 is 0 Å². The van der Waals surface area contributed by atoms with Crippen molar-refractivity contribution in [1.29, 1.82) is 0 Å². The zero-order chi connectivity index (χ0) is 11.8. The summed E-state index contributed by atoms with van der Waals surface area (Å²) in [6, 6.07) is 6.76. The molecule has 1 aromatic rings. The molecule has 0 bridgehead atoms. The summed E-state index contributed by atoms with van der Waals surface area (Å²) < 4.78 is 0. The van der Waals surface area contributed by atoms with E-state index >= 15 is 0 Å². The van der Waals surface area contributed by atoms with Crippen LogP contribution < -0.4 is 0 Å². The molecule has 0 heteroatoms. The quantitative estimate of drug-likeness (QED) is 0.644. The van der Waals surface area contributed by atoms with Crippen molar-refractivity contribution in [1.82, 2.24) is 0 Å². The first-order valence-corrected chi connectivity index (χ1v) is 5.94. The second-order valence-electron chi connectivity index (χ2n) is 5.28. The van der Waals surface area contributed by atoms with Gasteiger partial charge in [0.2, 0.25) is 0 Å². The molecule has 1 atom stereocenters. The minimum atomic E-state index is 0.176. The summed E-state index contributed by atoms with van der Waals surface area (Å²) in [5.74, 6) is 0. The zero-order valence-electron chi connectivity index (χ0n) is 10.7. The van der Waals surface area contributed by atoms with Gasteiger partial charge >= 0.3 is 0 Å². The first-order valence-electron chi connectivity index (χ1n) is 5.94. The van der Waals surface area contributed by atoms with E-state index in [9.17, 15) is 0 Å². The van der Waals surface area contributed by atoms with Crippen LogP contribution in [0.15, 0.2) is 42.0 Å². The molecule has 1 aliphatic rings. The van der Waals surface area contributed by atoms with E-state index in [0.29, 0.717) is 0 Å². The summed E-state index contributed by atoms with van der Waals surface area (Å²) in [5.41, 5.74) is 5.85. The summed E-state index contributed by atoms with van der Waals surface area (Å²) in [6.45, 7) is 8.93. The van der Waals surface area contributed by atoms with Gasteiger partial charge in [-0.2, -0.15) is 0 Å². The zero-order valence-corrected chi connectivity index (χ0v) is 10.7. The highest BCUT2D eigenvalue weighted by Crippen LogP contribution is 2.36. The summed E-state index contributed by atoms with van der Waals surface area (Å²) in [6.07, 6.45) is 7.88. The molecule has 2 rings (SSSR count). The maximum Gasteiger partial charge on any atom is 0.0146 e. The van der Waals surface area contributed by atoms with Crippen molar-refractivity contribution in [3.05, 3.63) is 58.7 Å². The summed E-state index contributed by atoms with van der Waals surface area (Å²) in [5, 5.41) is 0. The monoisotopic (exact) mass is 212 g/mol. The van der Waals surface area contributed by atoms with E-state index in [1.165, 1.54) is 22.3 Å². The molecule has 0 amide bonds. The molecular formula is C16H20. The predicted molar refractivity (Wildman–Crippen MR) is 70.8 cm³/mol. The highest BCUT2D eigenvalue weighted by molar-refractivity contribution is 5.43. The molecule has 0 spiro atoms. The topological polar surface area (TPSA) is 0 Å². The fourth-order valence-electron chi connectivity index (χ4n) is 2.66. The molecule has 0 aliphatic heterocycles. The molecule has 1 aromatic carbocycles. The lowest BCUT2D eigenvalue weighted by Gasteiger charge is -2.31. The number of hydrogen-bond acceptors (Lipinski definition) is 0. The van der Waals surface area contributed by atoms with Crippen LogP contribution in [0.3, 0.4) is 0 Å². The fraction of sp³-hybridized carbons (Fsp3) is 0.375.